The second-order valence-corrected chi connectivity index (χ2v) is 3.98. The van der Waals surface area contributed by atoms with Gasteiger partial charge in [0.1, 0.15) is 0 Å². The molecular weight excluding hydrogens is 193 g/mol. The van der Waals surface area contributed by atoms with Crippen LogP contribution in [0.25, 0.3) is 0 Å². The van der Waals surface area contributed by atoms with Gasteiger partial charge in [-0.1, -0.05) is 13.3 Å². The van der Waals surface area contributed by atoms with Gasteiger partial charge >= 0.3 is 29.6 Å². The number of hydrogen-bond acceptors (Lipinski definition) is 3. The van der Waals surface area contributed by atoms with Gasteiger partial charge < -0.3 is 10.4 Å². The van der Waals surface area contributed by atoms with E-state index in [0.717, 1.165) is 12.8 Å². The van der Waals surface area contributed by atoms with E-state index in [1.807, 2.05) is 27.7 Å². The summed E-state index contributed by atoms with van der Waals surface area (Å²) >= 11 is 0. The molecule has 6 heteroatoms. The number of rotatable bonds is 4. The van der Waals surface area contributed by atoms with E-state index < -0.39 is 0 Å². The van der Waals surface area contributed by atoms with Gasteiger partial charge in [-0.15, -0.1) is 5.01 Å². The predicted molar refractivity (Wildman–Crippen MR) is 50.8 cm³/mol. The summed E-state index contributed by atoms with van der Waals surface area (Å²) in [6.45, 7) is 8.22. The van der Waals surface area contributed by atoms with E-state index in [1.165, 1.54) is 5.01 Å². The minimum absolute atomic E-state index is 0. The van der Waals surface area contributed by atoms with Gasteiger partial charge in [-0.2, -0.15) is 0 Å². The molecule has 0 atom stereocenters. The summed E-state index contributed by atoms with van der Waals surface area (Å²) in [5.41, 5.74) is -0.356. The fourth-order valence-corrected chi connectivity index (χ4v) is 1.03. The Balaban J connectivity index is 0. The second kappa shape index (κ2) is 7.31. The van der Waals surface area contributed by atoms with Gasteiger partial charge in [0.25, 0.3) is 0 Å². The Morgan fingerprint density at radius 3 is 2.14 bits per heavy atom. The molecule has 0 aromatic heterocycles. The summed E-state index contributed by atoms with van der Waals surface area (Å²) in [4.78, 5) is 0.135. The van der Waals surface area contributed by atoms with Crippen molar-refractivity contribution >= 4 is 0 Å². The zero-order chi connectivity index (χ0) is 10.5. The number of unbranched alkanes of at least 4 members (excludes halogenated alkanes) is 1. The molecule has 0 saturated heterocycles. The predicted octanol–water partition coefficient (Wildman–Crippen LogP) is -0.734. The van der Waals surface area contributed by atoms with Crippen LogP contribution in [0.1, 0.15) is 40.5 Å². The Morgan fingerprint density at radius 2 is 1.86 bits per heavy atom. The molecule has 0 heterocycles. The molecule has 0 aromatic rings. The fraction of sp³-hybridized carbons (Fsp3) is 1.00. The molecule has 0 aliphatic carbocycles. The third-order valence-corrected chi connectivity index (χ3v) is 1.77. The zero-order valence-electron chi connectivity index (χ0n) is 9.78. The smallest absolute Gasteiger partial charge is 0.737 e. The van der Waals surface area contributed by atoms with Crippen LogP contribution in [-0.4, -0.2) is 22.1 Å². The minimum Gasteiger partial charge on any atom is -0.737 e. The second-order valence-electron chi connectivity index (χ2n) is 3.98. The van der Waals surface area contributed by atoms with Crippen molar-refractivity contribution in [3.05, 3.63) is 10.4 Å². The molecule has 0 rings (SSSR count). The first-order valence-electron chi connectivity index (χ1n) is 4.51. The molecule has 0 spiro atoms. The maximum atomic E-state index is 11.0. The van der Waals surface area contributed by atoms with Crippen molar-refractivity contribution in [1.29, 1.82) is 0 Å². The summed E-state index contributed by atoms with van der Waals surface area (Å²) in [7, 11) is 0. The van der Waals surface area contributed by atoms with Gasteiger partial charge in [0, 0.05) is 4.97 Å². The maximum Gasteiger partial charge on any atom is 1.00 e. The maximum absolute atomic E-state index is 11.0. The first-order chi connectivity index (χ1) is 5.93. The first-order valence-corrected chi connectivity index (χ1v) is 4.51. The van der Waals surface area contributed by atoms with E-state index in [0.29, 0.717) is 6.54 Å². The summed E-state index contributed by atoms with van der Waals surface area (Å²) in [5.74, 6) is 0. The van der Waals surface area contributed by atoms with Crippen molar-refractivity contribution in [2.75, 3.05) is 6.54 Å². The van der Waals surface area contributed by atoms with Crippen molar-refractivity contribution in [3.8, 4) is 0 Å². The van der Waals surface area contributed by atoms with Crippen molar-refractivity contribution in [1.82, 2.24) is 5.01 Å². The Bertz CT molecular complexity index is 180. The van der Waals surface area contributed by atoms with Crippen LogP contribution in [0.15, 0.2) is 5.28 Å². The summed E-state index contributed by atoms with van der Waals surface area (Å²) in [5, 5.41) is 24.9. The van der Waals surface area contributed by atoms with Crippen molar-refractivity contribution in [2.24, 2.45) is 5.28 Å². The number of hydrogen-bond donors (Lipinski definition) is 0. The standard InChI is InChI=1S/C8H19N3O2.Na/c1-5-6-7-10(8(2,3)4)11(13)9-12;/h12H,5-7H2,1-4H3;/q;+1/p-1/b11-9+;. The van der Waals surface area contributed by atoms with Crippen molar-refractivity contribution < 1.29 is 34.5 Å². The first kappa shape index (κ1) is 16.4. The van der Waals surface area contributed by atoms with E-state index >= 15 is 0 Å². The summed E-state index contributed by atoms with van der Waals surface area (Å²) in [6, 6.07) is 0. The van der Waals surface area contributed by atoms with Gasteiger partial charge in [-0.05, 0) is 32.5 Å². The van der Waals surface area contributed by atoms with Crippen LogP contribution in [0.5, 0.6) is 0 Å². The number of hydrazine groups is 1. The van der Waals surface area contributed by atoms with Gasteiger partial charge in [-0.25, -0.2) is 0 Å². The van der Waals surface area contributed by atoms with Gasteiger partial charge in [0.05, 0.1) is 12.1 Å². The Labute approximate surface area is 108 Å². The third kappa shape index (κ3) is 5.67. The molecule has 0 aliphatic rings. The molecule has 0 aromatic carbocycles. The molecule has 0 amide bonds. The molecule has 0 bridgehead atoms. The van der Waals surface area contributed by atoms with Gasteiger partial charge in [-0.3, -0.25) is 0 Å². The fourth-order valence-electron chi connectivity index (χ4n) is 1.03. The van der Waals surface area contributed by atoms with E-state index in [-0.39, 0.29) is 40.1 Å². The van der Waals surface area contributed by atoms with E-state index in [9.17, 15) is 10.4 Å². The Kier molecular flexibility index (Phi) is 8.58. The van der Waals surface area contributed by atoms with Crippen LogP contribution in [0.4, 0.5) is 0 Å². The van der Waals surface area contributed by atoms with Crippen molar-refractivity contribution in [3.63, 3.8) is 0 Å². The monoisotopic (exact) mass is 211 g/mol. The molecule has 78 valence electrons. The van der Waals surface area contributed by atoms with Gasteiger partial charge in [0.2, 0.25) is 0 Å². The third-order valence-electron chi connectivity index (χ3n) is 1.77. The molecule has 0 aliphatic heterocycles. The topological polar surface area (TPSA) is 64.7 Å². The molecule has 0 radical (unpaired) electrons. The minimum atomic E-state index is -0.356. The summed E-state index contributed by atoms with van der Waals surface area (Å²) < 4.78 is 0. The normalized spacial score (nSPS) is 12.1. The average Bonchev–Trinajstić information content (AvgIpc) is 2.02. The van der Waals surface area contributed by atoms with Gasteiger partial charge in [0.15, 0.2) is 0 Å². The summed E-state index contributed by atoms with van der Waals surface area (Å²) in [6.07, 6.45) is 1.87. The molecule has 0 fully saturated rings. The van der Waals surface area contributed by atoms with Crippen LogP contribution in [0.2, 0.25) is 0 Å². The van der Waals surface area contributed by atoms with Crippen LogP contribution in [0, 0.1) is 10.4 Å². The Hall–Kier alpha value is 0. The van der Waals surface area contributed by atoms with E-state index in [4.69, 9.17) is 0 Å². The van der Waals surface area contributed by atoms with Crippen LogP contribution >= 0.6 is 0 Å². The van der Waals surface area contributed by atoms with E-state index in [1.54, 1.807) is 0 Å². The van der Waals surface area contributed by atoms with Crippen LogP contribution < -0.4 is 29.6 Å². The molecule has 0 saturated carbocycles. The number of nitrogens with zero attached hydrogens (tertiary/aromatic N) is 3. The zero-order valence-corrected chi connectivity index (χ0v) is 11.8. The van der Waals surface area contributed by atoms with E-state index in [2.05, 4.69) is 5.28 Å². The SMILES string of the molecule is CCCCN(/[N+]([O-])=N\[O-])C(C)(C)C.[Na+]. The molecule has 5 nitrogen and oxygen atoms in total. The Morgan fingerprint density at radius 1 is 1.36 bits per heavy atom. The van der Waals surface area contributed by atoms with Crippen molar-refractivity contribution in [2.45, 2.75) is 46.1 Å². The van der Waals surface area contributed by atoms with Crippen LogP contribution in [-0.2, 0) is 0 Å². The average molecular weight is 211 g/mol. The quantitative estimate of drug-likeness (QED) is 0.266. The molecule has 14 heavy (non-hydrogen) atoms. The van der Waals surface area contributed by atoms with Crippen LogP contribution in [0.3, 0.4) is 0 Å². The molecular formula is C8H18N3NaO2. The largest absolute Gasteiger partial charge is 1.00 e. The molecule has 0 N–H and O–H groups in total. The molecule has 0 unspecified atom stereocenters.